The summed E-state index contributed by atoms with van der Waals surface area (Å²) in [6, 6.07) is 0. The number of hydrogen-bond donors (Lipinski definition) is 1. The zero-order valence-electron chi connectivity index (χ0n) is 3.35. The van der Waals surface area contributed by atoms with Gasteiger partial charge >= 0.3 is 0 Å². The Balaban J connectivity index is 2.86. The second-order valence-electron chi connectivity index (χ2n) is 0.762. The molecule has 34 valence electrons. The van der Waals surface area contributed by atoms with Crippen molar-refractivity contribution < 1.29 is 4.79 Å². The first-order valence-electron chi connectivity index (χ1n) is 1.65. The molecule has 0 fully saturated rings. The number of rotatable bonds is 2. The summed E-state index contributed by atoms with van der Waals surface area (Å²) in [6.07, 6.45) is 1.36. The predicted octanol–water partition coefficient (Wildman–Crippen LogP) is -0.719. The minimum absolute atomic E-state index is 0.392. The third-order valence-electron chi connectivity index (χ3n) is 0.305. The normalized spacial score (nSPS) is 6.83. The van der Waals surface area contributed by atoms with E-state index in [0.717, 1.165) is 0 Å². The molecule has 0 rings (SSSR count). The van der Waals surface area contributed by atoms with Gasteiger partial charge in [-0.2, -0.15) is 0 Å². The maximum Gasteiger partial charge on any atom is 0.234 e. The van der Waals surface area contributed by atoms with E-state index in [9.17, 15) is 4.79 Å². The molecule has 0 amide bonds. The summed E-state index contributed by atoms with van der Waals surface area (Å²) < 4.78 is 0. The minimum atomic E-state index is 0.392. The van der Waals surface area contributed by atoms with Crippen molar-refractivity contribution in [2.45, 2.75) is 0 Å². The second kappa shape index (κ2) is 4.34. The minimum Gasteiger partial charge on any atom is -0.329 e. The molecule has 0 aromatic carbocycles. The van der Waals surface area contributed by atoms with Crippen molar-refractivity contribution in [3.63, 3.8) is 0 Å². The summed E-state index contributed by atoms with van der Waals surface area (Å²) >= 11 is 0. The quantitative estimate of drug-likeness (QED) is 0.356. The maximum absolute atomic E-state index is 9.22. The van der Waals surface area contributed by atoms with Crippen LogP contribution in [-0.4, -0.2) is 19.2 Å². The van der Waals surface area contributed by atoms with E-state index in [2.05, 4.69) is 4.99 Å². The van der Waals surface area contributed by atoms with Crippen LogP contribution in [0.5, 0.6) is 0 Å². The van der Waals surface area contributed by atoms with Crippen LogP contribution in [0.4, 0.5) is 0 Å². The van der Waals surface area contributed by atoms with Gasteiger partial charge in [-0.1, -0.05) is 0 Å². The highest BCUT2D eigenvalue weighted by atomic mass is 16.1. The van der Waals surface area contributed by atoms with Crippen LogP contribution in [0.1, 0.15) is 0 Å². The fraction of sp³-hybridized carbons (Fsp3) is 0.667. The van der Waals surface area contributed by atoms with Gasteiger partial charge in [0.1, 0.15) is 0 Å². The number of isocyanates is 1. The summed E-state index contributed by atoms with van der Waals surface area (Å²) in [6.45, 7) is 0.818. The first-order valence-corrected chi connectivity index (χ1v) is 1.65. The van der Waals surface area contributed by atoms with Crippen molar-refractivity contribution in [1.29, 1.82) is 0 Å². The molecular weight excluding hydrogens is 80.0 g/mol. The molecule has 0 bridgehead atoms. The lowest BCUT2D eigenvalue weighted by atomic mass is 10.7. The van der Waals surface area contributed by atoms with E-state index in [1.807, 2.05) is 0 Å². The van der Waals surface area contributed by atoms with Crippen molar-refractivity contribution in [3.05, 3.63) is 0 Å². The van der Waals surface area contributed by atoms with Gasteiger partial charge in [0.05, 0.1) is 6.54 Å². The standard InChI is InChI=1S/C3H6N2O/c4-1-2-5-3-6/h1-2,4H2. The smallest absolute Gasteiger partial charge is 0.234 e. The predicted molar refractivity (Wildman–Crippen MR) is 22.0 cm³/mol. The highest BCUT2D eigenvalue weighted by molar-refractivity contribution is 5.32. The summed E-state index contributed by atoms with van der Waals surface area (Å²) in [5.74, 6) is 0. The highest BCUT2D eigenvalue weighted by Gasteiger charge is 1.65. The van der Waals surface area contributed by atoms with Crippen LogP contribution in [0, 0.1) is 0 Å². The monoisotopic (exact) mass is 86.0 g/mol. The van der Waals surface area contributed by atoms with Gasteiger partial charge in [-0.25, -0.2) is 9.79 Å². The Morgan fingerprint density at radius 2 is 2.50 bits per heavy atom. The lowest BCUT2D eigenvalue weighted by Crippen LogP contribution is -2.01. The van der Waals surface area contributed by atoms with Gasteiger partial charge in [0.25, 0.3) is 0 Å². The average Bonchev–Trinajstić information content (AvgIpc) is 1.61. The van der Waals surface area contributed by atoms with E-state index in [-0.39, 0.29) is 0 Å². The molecule has 3 nitrogen and oxygen atoms in total. The number of hydrogen-bond acceptors (Lipinski definition) is 3. The molecule has 0 atom stereocenters. The van der Waals surface area contributed by atoms with Crippen molar-refractivity contribution in [3.8, 4) is 0 Å². The van der Waals surface area contributed by atoms with Gasteiger partial charge in [-0.3, -0.25) is 0 Å². The Morgan fingerprint density at radius 3 is 2.67 bits per heavy atom. The van der Waals surface area contributed by atoms with Crippen LogP contribution in [-0.2, 0) is 4.79 Å². The van der Waals surface area contributed by atoms with E-state index >= 15 is 0 Å². The SMILES string of the molecule is NCCN=C=O. The van der Waals surface area contributed by atoms with Crippen molar-refractivity contribution in [1.82, 2.24) is 0 Å². The molecular formula is C3H6N2O. The number of nitrogens with zero attached hydrogens (tertiary/aromatic N) is 1. The molecule has 0 aliphatic heterocycles. The van der Waals surface area contributed by atoms with E-state index < -0.39 is 0 Å². The molecule has 0 radical (unpaired) electrons. The largest absolute Gasteiger partial charge is 0.329 e. The van der Waals surface area contributed by atoms with Crippen molar-refractivity contribution in [2.75, 3.05) is 13.1 Å². The summed E-state index contributed by atoms with van der Waals surface area (Å²) in [5, 5.41) is 0. The van der Waals surface area contributed by atoms with Crippen LogP contribution < -0.4 is 5.73 Å². The van der Waals surface area contributed by atoms with E-state index in [0.29, 0.717) is 13.1 Å². The lowest BCUT2D eigenvalue weighted by molar-refractivity contribution is 0.563. The van der Waals surface area contributed by atoms with Crippen molar-refractivity contribution in [2.24, 2.45) is 10.7 Å². The lowest BCUT2D eigenvalue weighted by Gasteiger charge is -1.73. The van der Waals surface area contributed by atoms with Gasteiger partial charge in [-0.05, 0) is 0 Å². The van der Waals surface area contributed by atoms with Crippen molar-refractivity contribution >= 4 is 6.08 Å². The van der Waals surface area contributed by atoms with E-state index in [1.165, 1.54) is 6.08 Å². The summed E-state index contributed by atoms with van der Waals surface area (Å²) in [5.41, 5.74) is 4.94. The molecule has 0 saturated carbocycles. The Kier molecular flexibility index (Phi) is 3.86. The third kappa shape index (κ3) is 3.34. The highest BCUT2D eigenvalue weighted by Crippen LogP contribution is 1.53. The molecule has 2 N–H and O–H groups in total. The van der Waals surface area contributed by atoms with Crippen LogP contribution >= 0.6 is 0 Å². The fourth-order valence-corrected chi connectivity index (χ4v) is 0.110. The molecule has 0 aliphatic rings. The first-order chi connectivity index (χ1) is 2.91. The van der Waals surface area contributed by atoms with Gasteiger partial charge in [0.15, 0.2) is 0 Å². The molecule has 3 heteroatoms. The number of carbonyl (C=O) groups excluding carboxylic acids is 1. The number of nitrogens with two attached hydrogens (primary N) is 1. The topological polar surface area (TPSA) is 55.4 Å². The molecule has 6 heavy (non-hydrogen) atoms. The maximum atomic E-state index is 9.22. The Bertz CT molecular complexity index is 65.2. The van der Waals surface area contributed by atoms with Gasteiger partial charge in [-0.15, -0.1) is 0 Å². The summed E-state index contributed by atoms with van der Waals surface area (Å²) in [4.78, 5) is 12.4. The van der Waals surface area contributed by atoms with E-state index in [1.54, 1.807) is 0 Å². The second-order valence-corrected chi connectivity index (χ2v) is 0.762. The van der Waals surface area contributed by atoms with Crippen LogP contribution in [0.25, 0.3) is 0 Å². The van der Waals surface area contributed by atoms with Crippen LogP contribution in [0.15, 0.2) is 4.99 Å². The molecule has 0 aromatic rings. The third-order valence-corrected chi connectivity index (χ3v) is 0.305. The van der Waals surface area contributed by atoms with Gasteiger partial charge in [0, 0.05) is 6.54 Å². The first kappa shape index (κ1) is 5.34. The van der Waals surface area contributed by atoms with E-state index in [4.69, 9.17) is 5.73 Å². The summed E-state index contributed by atoms with van der Waals surface area (Å²) in [7, 11) is 0. The molecule has 0 aliphatic carbocycles. The zero-order valence-corrected chi connectivity index (χ0v) is 3.35. The van der Waals surface area contributed by atoms with Gasteiger partial charge in [0.2, 0.25) is 6.08 Å². The Morgan fingerprint density at radius 1 is 1.83 bits per heavy atom. The number of aliphatic imine (C=N–C) groups is 1. The average molecular weight is 86.1 g/mol. The molecule has 0 aromatic heterocycles. The molecule has 0 heterocycles. The van der Waals surface area contributed by atoms with Crippen LogP contribution in [0.3, 0.4) is 0 Å². The Labute approximate surface area is 35.9 Å². The Hall–Kier alpha value is -0.660. The fourth-order valence-electron chi connectivity index (χ4n) is 0.110. The van der Waals surface area contributed by atoms with Gasteiger partial charge < -0.3 is 5.73 Å². The molecule has 0 saturated heterocycles. The van der Waals surface area contributed by atoms with Crippen LogP contribution in [0.2, 0.25) is 0 Å². The zero-order chi connectivity index (χ0) is 4.83. The molecule has 0 spiro atoms. The molecule has 0 unspecified atom stereocenters.